The van der Waals surface area contributed by atoms with E-state index in [4.69, 9.17) is 0 Å². The van der Waals surface area contributed by atoms with Gasteiger partial charge in [0.05, 0.1) is 4.75 Å². The Bertz CT molecular complexity index is 899. The van der Waals surface area contributed by atoms with Crippen LogP contribution in [0.3, 0.4) is 0 Å². The molecular formula is C29H45N2S+. The third-order valence-electron chi connectivity index (χ3n) is 8.87. The Morgan fingerprint density at radius 1 is 1.03 bits per heavy atom. The SMILES string of the molecule is CC[N+]1=C(/C=C2/N(CCCCC3CCCC3)c3ccccc3C2(C)C)SC(C)(C)C1(C)C. The highest BCUT2D eigenvalue weighted by molar-refractivity contribution is 8.15. The number of unbranched alkanes of at least 4 members (excludes halogenated alkanes) is 1. The molecule has 0 atom stereocenters. The van der Waals surface area contributed by atoms with Gasteiger partial charge in [-0.25, -0.2) is 4.58 Å². The molecule has 0 bridgehead atoms. The van der Waals surface area contributed by atoms with Crippen molar-refractivity contribution in [2.45, 2.75) is 109 Å². The predicted octanol–water partition coefficient (Wildman–Crippen LogP) is 7.76. The number of thioether (sulfide) groups is 1. The Kier molecular flexibility index (Phi) is 6.62. The largest absolute Gasteiger partial charge is 0.344 e. The van der Waals surface area contributed by atoms with Gasteiger partial charge in [0, 0.05) is 43.3 Å². The average Bonchev–Trinajstić information content (AvgIpc) is 3.36. The summed E-state index contributed by atoms with van der Waals surface area (Å²) in [6, 6.07) is 9.11. The third kappa shape index (κ3) is 4.08. The van der Waals surface area contributed by atoms with Gasteiger partial charge in [0.2, 0.25) is 5.04 Å². The van der Waals surface area contributed by atoms with E-state index < -0.39 is 0 Å². The summed E-state index contributed by atoms with van der Waals surface area (Å²) >= 11 is 2.06. The van der Waals surface area contributed by atoms with E-state index in [1.165, 1.54) is 66.9 Å². The zero-order valence-corrected chi connectivity index (χ0v) is 22.4. The molecule has 1 fully saturated rings. The van der Waals surface area contributed by atoms with E-state index in [0.29, 0.717) is 0 Å². The first-order valence-corrected chi connectivity index (χ1v) is 13.8. The molecule has 0 amide bonds. The van der Waals surface area contributed by atoms with Gasteiger partial charge in [-0.3, -0.25) is 0 Å². The monoisotopic (exact) mass is 453 g/mol. The summed E-state index contributed by atoms with van der Waals surface area (Å²) in [6.45, 7) is 19.0. The summed E-state index contributed by atoms with van der Waals surface area (Å²) in [7, 11) is 0. The van der Waals surface area contributed by atoms with E-state index in [0.717, 1.165) is 19.0 Å². The summed E-state index contributed by atoms with van der Waals surface area (Å²) < 4.78 is 2.82. The van der Waals surface area contributed by atoms with Crippen molar-refractivity contribution >= 4 is 22.5 Å². The standard InChI is InChI=1S/C29H45N2S/c1-8-31-26(32-29(6,7)28(31,4)5)21-25-27(2,3)23-18-11-12-19-24(23)30(25)20-14-13-17-22-15-9-10-16-22/h11-12,18-19,21-22H,8-10,13-17,20H2,1-7H3/q+1. The number of fused-ring (bicyclic) bond motifs is 1. The molecule has 4 rings (SSSR count). The minimum absolute atomic E-state index is 0.0336. The van der Waals surface area contributed by atoms with Crippen LogP contribution in [0.2, 0.25) is 0 Å². The first-order chi connectivity index (χ1) is 15.1. The van der Waals surface area contributed by atoms with E-state index in [9.17, 15) is 0 Å². The maximum atomic E-state index is 2.66. The fourth-order valence-electron chi connectivity index (χ4n) is 6.16. The molecule has 1 aromatic rings. The van der Waals surface area contributed by atoms with Crippen molar-refractivity contribution in [2.24, 2.45) is 5.92 Å². The van der Waals surface area contributed by atoms with E-state index in [1.807, 2.05) is 0 Å². The molecule has 0 aromatic heterocycles. The van der Waals surface area contributed by atoms with Gasteiger partial charge in [-0.2, -0.15) is 0 Å². The second kappa shape index (κ2) is 8.85. The van der Waals surface area contributed by atoms with E-state index in [-0.39, 0.29) is 15.7 Å². The van der Waals surface area contributed by atoms with Crippen LogP contribution in [0.15, 0.2) is 36.0 Å². The fraction of sp³-hybridized carbons (Fsp3) is 0.690. The van der Waals surface area contributed by atoms with Crippen molar-refractivity contribution in [3.05, 3.63) is 41.6 Å². The van der Waals surface area contributed by atoms with Crippen LogP contribution in [0.25, 0.3) is 0 Å². The van der Waals surface area contributed by atoms with Gasteiger partial charge in [-0.1, -0.05) is 70.6 Å². The van der Waals surface area contributed by atoms with E-state index in [2.05, 4.69) is 100 Å². The fourth-order valence-corrected chi connectivity index (χ4v) is 7.68. The molecule has 0 N–H and O–H groups in total. The second-order valence-electron chi connectivity index (χ2n) is 11.7. The molecule has 32 heavy (non-hydrogen) atoms. The molecule has 0 spiro atoms. The van der Waals surface area contributed by atoms with Crippen molar-refractivity contribution < 1.29 is 4.58 Å². The second-order valence-corrected chi connectivity index (χ2v) is 13.4. The zero-order valence-electron chi connectivity index (χ0n) is 21.6. The van der Waals surface area contributed by atoms with Crippen LogP contribution in [-0.2, 0) is 5.41 Å². The average molecular weight is 454 g/mol. The van der Waals surface area contributed by atoms with Crippen LogP contribution in [0, 0.1) is 5.92 Å². The molecule has 176 valence electrons. The van der Waals surface area contributed by atoms with Gasteiger partial charge in [0.1, 0.15) is 6.54 Å². The van der Waals surface area contributed by atoms with Crippen molar-refractivity contribution in [3.63, 3.8) is 0 Å². The molecule has 3 aliphatic rings. The first kappa shape index (κ1) is 23.9. The number of para-hydroxylation sites is 1. The summed E-state index contributed by atoms with van der Waals surface area (Å²) in [5.41, 5.74) is 4.56. The lowest BCUT2D eigenvalue weighted by Gasteiger charge is -2.29. The van der Waals surface area contributed by atoms with Crippen molar-refractivity contribution in [2.75, 3.05) is 18.0 Å². The number of rotatable bonds is 7. The number of anilines is 1. The van der Waals surface area contributed by atoms with Crippen LogP contribution in [0.5, 0.6) is 0 Å². The molecular weight excluding hydrogens is 408 g/mol. The third-order valence-corrected chi connectivity index (χ3v) is 10.4. The number of nitrogens with zero attached hydrogens (tertiary/aromatic N) is 2. The quantitative estimate of drug-likeness (QED) is 0.307. The van der Waals surface area contributed by atoms with E-state index >= 15 is 0 Å². The molecule has 0 unspecified atom stereocenters. The first-order valence-electron chi connectivity index (χ1n) is 13.0. The Labute approximate surface area is 201 Å². The number of hydrogen-bond acceptors (Lipinski definition) is 2. The van der Waals surface area contributed by atoms with Gasteiger partial charge in [-0.05, 0) is 56.5 Å². The van der Waals surface area contributed by atoms with Gasteiger partial charge in [0.25, 0.3) is 0 Å². The maximum absolute atomic E-state index is 2.66. The van der Waals surface area contributed by atoms with Gasteiger partial charge >= 0.3 is 0 Å². The topological polar surface area (TPSA) is 6.25 Å². The Morgan fingerprint density at radius 3 is 2.41 bits per heavy atom. The molecule has 1 saturated carbocycles. The van der Waals surface area contributed by atoms with Crippen LogP contribution < -0.4 is 4.90 Å². The molecule has 0 saturated heterocycles. The lowest BCUT2D eigenvalue weighted by molar-refractivity contribution is -0.596. The lowest BCUT2D eigenvalue weighted by Crippen LogP contribution is -2.47. The van der Waals surface area contributed by atoms with Gasteiger partial charge in [-0.15, -0.1) is 0 Å². The molecule has 1 aliphatic carbocycles. The number of hydrogen-bond donors (Lipinski definition) is 0. The Hall–Kier alpha value is -1.22. The van der Waals surface area contributed by atoms with Crippen LogP contribution >= 0.6 is 11.8 Å². The highest BCUT2D eigenvalue weighted by atomic mass is 32.2. The van der Waals surface area contributed by atoms with Crippen molar-refractivity contribution in [1.29, 1.82) is 0 Å². The molecule has 0 radical (unpaired) electrons. The van der Waals surface area contributed by atoms with Gasteiger partial charge in [0.15, 0.2) is 5.54 Å². The van der Waals surface area contributed by atoms with Crippen molar-refractivity contribution in [1.82, 2.24) is 0 Å². The number of allylic oxidation sites excluding steroid dienone is 1. The minimum Gasteiger partial charge on any atom is -0.344 e. The highest BCUT2D eigenvalue weighted by Crippen LogP contribution is 2.50. The normalized spacial score (nSPS) is 25.2. The Balaban J connectivity index is 1.64. The van der Waals surface area contributed by atoms with Gasteiger partial charge < -0.3 is 4.90 Å². The van der Waals surface area contributed by atoms with Crippen molar-refractivity contribution in [3.8, 4) is 0 Å². The van der Waals surface area contributed by atoms with Crippen LogP contribution in [0.4, 0.5) is 5.69 Å². The lowest BCUT2D eigenvalue weighted by atomic mass is 9.83. The molecule has 3 heteroatoms. The maximum Gasteiger partial charge on any atom is 0.237 e. The van der Waals surface area contributed by atoms with Crippen LogP contribution in [-0.4, -0.2) is 33.0 Å². The molecule has 2 aliphatic heterocycles. The Morgan fingerprint density at radius 2 is 1.72 bits per heavy atom. The smallest absolute Gasteiger partial charge is 0.237 e. The summed E-state index contributed by atoms with van der Waals surface area (Å²) in [5.74, 6) is 1.00. The molecule has 2 nitrogen and oxygen atoms in total. The minimum atomic E-state index is 0.0336. The highest BCUT2D eigenvalue weighted by Gasteiger charge is 2.55. The predicted molar refractivity (Wildman–Crippen MR) is 142 cm³/mol. The van der Waals surface area contributed by atoms with Crippen LogP contribution in [0.1, 0.15) is 99.0 Å². The van der Waals surface area contributed by atoms with E-state index in [1.54, 1.807) is 0 Å². The summed E-state index contributed by atoms with van der Waals surface area (Å²) in [4.78, 5) is 2.66. The summed E-state index contributed by atoms with van der Waals surface area (Å²) in [6.07, 6.45) is 12.5. The zero-order chi connectivity index (χ0) is 23.1. The summed E-state index contributed by atoms with van der Waals surface area (Å²) in [5, 5.41) is 1.44. The number of benzene rings is 1. The molecule has 1 aromatic carbocycles. The molecule has 2 heterocycles.